The van der Waals surface area contributed by atoms with E-state index in [0.29, 0.717) is 61.9 Å². The molecule has 0 N–H and O–H groups in total. The second kappa shape index (κ2) is 8.56. The Kier molecular flexibility index (Phi) is 5.90. The molecule has 172 valence electrons. The molecule has 0 aromatic heterocycles. The number of fused-ring (bicyclic) bond motifs is 2. The number of halogens is 2. The van der Waals surface area contributed by atoms with Gasteiger partial charge in [0.05, 0.1) is 37.0 Å². The van der Waals surface area contributed by atoms with Gasteiger partial charge in [0, 0.05) is 36.2 Å². The van der Waals surface area contributed by atoms with Gasteiger partial charge in [0.1, 0.15) is 0 Å². The van der Waals surface area contributed by atoms with E-state index in [2.05, 4.69) is 9.80 Å². The van der Waals surface area contributed by atoms with Gasteiger partial charge in [-0.2, -0.15) is 0 Å². The number of hydrogen-bond donors (Lipinski definition) is 0. The summed E-state index contributed by atoms with van der Waals surface area (Å²) < 4.78 is 0. The van der Waals surface area contributed by atoms with Gasteiger partial charge in [0.25, 0.3) is 0 Å². The maximum atomic E-state index is 12.8. The zero-order valence-electron chi connectivity index (χ0n) is 17.7. The fraction of sp³-hybridized carbons (Fsp3) is 0.636. The van der Waals surface area contributed by atoms with Crippen LogP contribution in [-0.2, 0) is 19.2 Å². The SMILES string of the molecule is O=C1C2CC=C(Cl)CC2C(=O)N1CN1CCN(CN2C(=O)C3CC=C(Cl)CC3C2=O)CC1. The lowest BCUT2D eigenvalue weighted by atomic mass is 9.85. The van der Waals surface area contributed by atoms with Crippen LogP contribution in [0, 0.1) is 23.7 Å². The maximum Gasteiger partial charge on any atom is 0.234 e. The van der Waals surface area contributed by atoms with E-state index in [4.69, 9.17) is 23.2 Å². The number of imide groups is 2. The summed E-state index contributed by atoms with van der Waals surface area (Å²) in [7, 11) is 0. The van der Waals surface area contributed by atoms with E-state index in [1.54, 1.807) is 0 Å². The third-order valence-corrected chi connectivity index (χ3v) is 8.09. The van der Waals surface area contributed by atoms with Crippen molar-refractivity contribution < 1.29 is 19.2 Å². The number of nitrogens with zero attached hydrogens (tertiary/aromatic N) is 4. The van der Waals surface area contributed by atoms with Crippen LogP contribution in [0.4, 0.5) is 0 Å². The zero-order valence-corrected chi connectivity index (χ0v) is 19.2. The van der Waals surface area contributed by atoms with Gasteiger partial charge in [-0.05, 0) is 25.7 Å². The number of likely N-dealkylation sites (tertiary alicyclic amines) is 2. The van der Waals surface area contributed by atoms with E-state index in [1.807, 2.05) is 12.2 Å². The van der Waals surface area contributed by atoms with Crippen LogP contribution in [0.25, 0.3) is 0 Å². The Morgan fingerprint density at radius 2 is 0.969 bits per heavy atom. The highest BCUT2D eigenvalue weighted by molar-refractivity contribution is 6.30. The molecule has 4 unspecified atom stereocenters. The van der Waals surface area contributed by atoms with E-state index in [9.17, 15) is 19.2 Å². The van der Waals surface area contributed by atoms with Gasteiger partial charge in [0.2, 0.25) is 23.6 Å². The smallest absolute Gasteiger partial charge is 0.234 e. The number of carbonyl (C=O) groups excluding carboxylic acids is 4. The molecular formula is C22H26Cl2N4O4. The monoisotopic (exact) mass is 480 g/mol. The van der Waals surface area contributed by atoms with Crippen molar-refractivity contribution in [2.45, 2.75) is 25.7 Å². The van der Waals surface area contributed by atoms with Crippen molar-refractivity contribution in [1.82, 2.24) is 19.6 Å². The Morgan fingerprint density at radius 3 is 1.34 bits per heavy atom. The van der Waals surface area contributed by atoms with Crippen molar-refractivity contribution >= 4 is 46.8 Å². The number of piperazine rings is 1. The molecule has 0 spiro atoms. The average molecular weight is 481 g/mol. The Hall–Kier alpha value is -1.74. The predicted molar refractivity (Wildman–Crippen MR) is 117 cm³/mol. The van der Waals surface area contributed by atoms with Gasteiger partial charge in [0.15, 0.2) is 0 Å². The van der Waals surface area contributed by atoms with Gasteiger partial charge in [-0.25, -0.2) is 0 Å². The summed E-state index contributed by atoms with van der Waals surface area (Å²) >= 11 is 12.2. The maximum absolute atomic E-state index is 12.8. The third kappa shape index (κ3) is 3.81. The number of carbonyl (C=O) groups is 4. The molecule has 8 nitrogen and oxygen atoms in total. The number of rotatable bonds is 4. The van der Waals surface area contributed by atoms with Crippen LogP contribution < -0.4 is 0 Å². The van der Waals surface area contributed by atoms with Crippen LogP contribution >= 0.6 is 23.2 Å². The summed E-state index contributed by atoms with van der Waals surface area (Å²) in [4.78, 5) is 57.9. The highest BCUT2D eigenvalue weighted by Crippen LogP contribution is 2.40. The van der Waals surface area contributed by atoms with E-state index in [0.717, 1.165) is 0 Å². The lowest BCUT2D eigenvalue weighted by Gasteiger charge is -2.37. The van der Waals surface area contributed by atoms with Crippen LogP contribution in [0.3, 0.4) is 0 Å². The highest BCUT2D eigenvalue weighted by atomic mass is 35.5. The van der Waals surface area contributed by atoms with Gasteiger partial charge in [-0.15, -0.1) is 0 Å². The van der Waals surface area contributed by atoms with Crippen LogP contribution in [0.5, 0.6) is 0 Å². The lowest BCUT2D eigenvalue weighted by Crippen LogP contribution is -2.54. The first kappa shape index (κ1) is 22.1. The molecule has 32 heavy (non-hydrogen) atoms. The van der Waals surface area contributed by atoms with E-state index >= 15 is 0 Å². The molecule has 0 radical (unpaired) electrons. The summed E-state index contributed by atoms with van der Waals surface area (Å²) in [5.41, 5.74) is 0. The molecule has 3 fully saturated rings. The number of allylic oxidation sites excluding steroid dienone is 4. The molecule has 0 aromatic carbocycles. The van der Waals surface area contributed by atoms with Crippen LogP contribution in [0.1, 0.15) is 25.7 Å². The lowest BCUT2D eigenvalue weighted by molar-refractivity contribution is -0.146. The molecule has 0 aromatic rings. The van der Waals surface area contributed by atoms with Crippen LogP contribution in [0.15, 0.2) is 22.2 Å². The number of hydrogen-bond acceptors (Lipinski definition) is 6. The predicted octanol–water partition coefficient (Wildman–Crippen LogP) is 1.55. The average Bonchev–Trinajstić information content (AvgIpc) is 3.15. The van der Waals surface area contributed by atoms with Gasteiger partial charge in [-0.3, -0.25) is 38.8 Å². The highest BCUT2D eigenvalue weighted by Gasteiger charge is 2.50. The van der Waals surface area contributed by atoms with Gasteiger partial charge < -0.3 is 0 Å². The van der Waals surface area contributed by atoms with Crippen LogP contribution in [-0.4, -0.2) is 82.7 Å². The molecule has 0 saturated carbocycles. The fourth-order valence-corrected chi connectivity index (χ4v) is 6.05. The van der Waals surface area contributed by atoms with Crippen LogP contribution in [0.2, 0.25) is 0 Å². The standard InChI is InChI=1S/C22H26Cl2N4O4/c23-13-1-3-15-17(9-13)21(31)27(19(15)29)11-25-5-7-26(8-6-25)12-28-20(30)16-4-2-14(24)10-18(16)22(28)32/h1-2,15-18H,3-12H2. The van der Waals surface area contributed by atoms with E-state index in [-0.39, 0.29) is 60.6 Å². The first-order valence-corrected chi connectivity index (χ1v) is 11.9. The minimum Gasteiger partial charge on any atom is -0.283 e. The molecule has 5 aliphatic rings. The van der Waals surface area contributed by atoms with Gasteiger partial charge in [-0.1, -0.05) is 35.4 Å². The first-order valence-electron chi connectivity index (χ1n) is 11.2. The number of amides is 4. The Labute approximate surface area is 196 Å². The molecular weight excluding hydrogens is 455 g/mol. The normalized spacial score (nSPS) is 34.1. The zero-order chi connectivity index (χ0) is 22.6. The summed E-state index contributed by atoms with van der Waals surface area (Å²) in [5.74, 6) is -1.71. The Morgan fingerprint density at radius 1 is 0.625 bits per heavy atom. The minimum absolute atomic E-state index is 0.106. The molecule has 0 bridgehead atoms. The minimum atomic E-state index is -0.333. The second-order valence-corrected chi connectivity index (χ2v) is 10.3. The first-order chi connectivity index (χ1) is 15.3. The molecule has 3 aliphatic heterocycles. The van der Waals surface area contributed by atoms with Crippen molar-refractivity contribution in [1.29, 1.82) is 0 Å². The molecule has 2 aliphatic carbocycles. The quantitative estimate of drug-likeness (QED) is 0.567. The molecule has 5 rings (SSSR count). The molecule has 3 saturated heterocycles. The van der Waals surface area contributed by atoms with Crippen molar-refractivity contribution in [3.05, 3.63) is 22.2 Å². The molecule has 4 amide bonds. The fourth-order valence-electron chi connectivity index (χ4n) is 5.54. The van der Waals surface area contributed by atoms with E-state index < -0.39 is 0 Å². The van der Waals surface area contributed by atoms with Crippen molar-refractivity contribution in [3.63, 3.8) is 0 Å². The Balaban J connectivity index is 1.14. The summed E-state index contributed by atoms with van der Waals surface area (Å²) in [6, 6.07) is 0. The van der Waals surface area contributed by atoms with E-state index in [1.165, 1.54) is 9.80 Å². The van der Waals surface area contributed by atoms with Crippen molar-refractivity contribution in [2.75, 3.05) is 39.5 Å². The molecule has 10 heteroatoms. The van der Waals surface area contributed by atoms with Gasteiger partial charge >= 0.3 is 0 Å². The summed E-state index contributed by atoms with van der Waals surface area (Å²) in [5, 5.41) is 1.32. The largest absolute Gasteiger partial charge is 0.283 e. The molecule has 3 heterocycles. The third-order valence-electron chi connectivity index (χ3n) is 7.47. The topological polar surface area (TPSA) is 81.2 Å². The second-order valence-electron chi connectivity index (χ2n) is 9.34. The van der Waals surface area contributed by atoms with Crippen molar-refractivity contribution in [2.24, 2.45) is 23.7 Å². The molecule has 4 atom stereocenters. The Bertz CT molecular complexity index is 853. The summed E-state index contributed by atoms with van der Waals surface area (Å²) in [6.07, 6.45) is 5.63. The summed E-state index contributed by atoms with van der Waals surface area (Å²) in [6.45, 7) is 3.19. The van der Waals surface area contributed by atoms with Crippen molar-refractivity contribution in [3.8, 4) is 0 Å².